The van der Waals surface area contributed by atoms with Crippen LogP contribution in [0, 0.1) is 0 Å². The zero-order chi connectivity index (χ0) is 13.1. The quantitative estimate of drug-likeness (QED) is 0.640. The van der Waals surface area contributed by atoms with Gasteiger partial charge in [0.05, 0.1) is 0 Å². The van der Waals surface area contributed by atoms with Gasteiger partial charge >= 0.3 is 12.0 Å². The molecule has 0 spiro atoms. The van der Waals surface area contributed by atoms with Crippen LogP contribution in [0.2, 0.25) is 0 Å². The zero-order valence-corrected chi connectivity index (χ0v) is 9.22. The first-order valence-electron chi connectivity index (χ1n) is 5.08. The number of hydrogen-bond donors (Lipinski definition) is 1. The van der Waals surface area contributed by atoms with E-state index in [4.69, 9.17) is 5.73 Å². The summed E-state index contributed by atoms with van der Waals surface area (Å²) in [6, 6.07) is 4.82. The molecule has 0 aromatic heterocycles. The SMILES string of the molecule is CCCC(F)(F)C(F)(F)Oc1ccc(N)cc1. The maximum atomic E-state index is 13.2. The molecule has 6 heteroatoms. The van der Waals surface area contributed by atoms with Crippen LogP contribution in [0.15, 0.2) is 24.3 Å². The lowest BCUT2D eigenvalue weighted by atomic mass is 10.2. The van der Waals surface area contributed by atoms with Crippen LogP contribution in [0.1, 0.15) is 19.8 Å². The molecule has 1 aromatic rings. The Morgan fingerprint density at radius 2 is 1.65 bits per heavy atom. The molecule has 0 unspecified atom stereocenters. The van der Waals surface area contributed by atoms with Crippen LogP contribution in [0.4, 0.5) is 23.2 Å². The number of alkyl halides is 4. The van der Waals surface area contributed by atoms with Gasteiger partial charge in [-0.3, -0.25) is 0 Å². The molecular weight excluding hydrogens is 238 g/mol. The topological polar surface area (TPSA) is 35.2 Å². The Morgan fingerprint density at radius 1 is 1.12 bits per heavy atom. The highest BCUT2D eigenvalue weighted by molar-refractivity contribution is 5.41. The van der Waals surface area contributed by atoms with Crippen LogP contribution in [0.3, 0.4) is 0 Å². The minimum Gasteiger partial charge on any atom is -0.428 e. The second-order valence-electron chi connectivity index (χ2n) is 3.64. The summed E-state index contributed by atoms with van der Waals surface area (Å²) < 4.78 is 56.5. The first-order chi connectivity index (χ1) is 7.78. The number of halogens is 4. The second-order valence-corrected chi connectivity index (χ2v) is 3.64. The average molecular weight is 251 g/mol. The molecular formula is C11H13F4NO. The second kappa shape index (κ2) is 4.81. The monoisotopic (exact) mass is 251 g/mol. The Labute approximate surface area is 96.4 Å². The zero-order valence-electron chi connectivity index (χ0n) is 9.22. The first-order valence-corrected chi connectivity index (χ1v) is 5.08. The molecule has 0 aliphatic carbocycles. The van der Waals surface area contributed by atoms with E-state index in [0.717, 1.165) is 12.1 Å². The molecule has 96 valence electrons. The van der Waals surface area contributed by atoms with Gasteiger partial charge < -0.3 is 10.5 Å². The maximum absolute atomic E-state index is 13.2. The summed E-state index contributed by atoms with van der Waals surface area (Å²) in [4.78, 5) is 0. The van der Waals surface area contributed by atoms with Crippen LogP contribution in [-0.2, 0) is 0 Å². The summed E-state index contributed by atoms with van der Waals surface area (Å²) in [5.74, 6) is -4.54. The van der Waals surface area contributed by atoms with E-state index in [1.807, 2.05) is 0 Å². The number of rotatable bonds is 5. The van der Waals surface area contributed by atoms with Crippen molar-refractivity contribution >= 4 is 5.69 Å². The van der Waals surface area contributed by atoms with Crippen molar-refractivity contribution in [2.45, 2.75) is 31.8 Å². The summed E-state index contributed by atoms with van der Waals surface area (Å²) >= 11 is 0. The molecule has 0 fully saturated rings. The van der Waals surface area contributed by atoms with Crippen LogP contribution in [0.5, 0.6) is 5.75 Å². The molecule has 0 saturated carbocycles. The van der Waals surface area contributed by atoms with Crippen molar-refractivity contribution in [1.29, 1.82) is 0 Å². The Balaban J connectivity index is 2.81. The number of nitrogen functional groups attached to an aromatic ring is 1. The normalized spacial score (nSPS) is 12.5. The number of anilines is 1. The largest absolute Gasteiger partial charge is 0.464 e. The lowest BCUT2D eigenvalue weighted by molar-refractivity contribution is -0.311. The van der Waals surface area contributed by atoms with Gasteiger partial charge in [0.25, 0.3) is 0 Å². The van der Waals surface area contributed by atoms with Crippen LogP contribution in [0.25, 0.3) is 0 Å². The minimum atomic E-state index is -4.53. The summed E-state index contributed by atoms with van der Waals surface area (Å²) in [7, 11) is 0. The molecule has 0 aliphatic rings. The van der Waals surface area contributed by atoms with Gasteiger partial charge in [-0.25, -0.2) is 0 Å². The van der Waals surface area contributed by atoms with E-state index in [9.17, 15) is 17.6 Å². The third-order valence-electron chi connectivity index (χ3n) is 2.12. The Bertz CT molecular complexity index is 364. The van der Waals surface area contributed by atoms with Crippen LogP contribution >= 0.6 is 0 Å². The standard InChI is InChI=1S/C11H13F4NO/c1-2-7-10(12,13)11(14,15)17-9-5-3-8(16)4-6-9/h3-6H,2,7,16H2,1H3. The van der Waals surface area contributed by atoms with Crippen molar-refractivity contribution in [3.05, 3.63) is 24.3 Å². The summed E-state index contributed by atoms with van der Waals surface area (Å²) in [6.45, 7) is 1.40. The molecule has 17 heavy (non-hydrogen) atoms. The fourth-order valence-electron chi connectivity index (χ4n) is 1.22. The molecule has 0 heterocycles. The van der Waals surface area contributed by atoms with Gasteiger partial charge in [-0.1, -0.05) is 13.3 Å². The Kier molecular flexibility index (Phi) is 3.85. The molecule has 2 nitrogen and oxygen atoms in total. The summed E-state index contributed by atoms with van der Waals surface area (Å²) in [6.07, 6.45) is -5.53. The highest BCUT2D eigenvalue weighted by Gasteiger charge is 2.58. The molecule has 0 atom stereocenters. The molecule has 2 N–H and O–H groups in total. The van der Waals surface area contributed by atoms with Crippen molar-refractivity contribution in [1.82, 2.24) is 0 Å². The predicted molar refractivity (Wildman–Crippen MR) is 56.3 cm³/mol. The van der Waals surface area contributed by atoms with E-state index in [-0.39, 0.29) is 12.2 Å². The summed E-state index contributed by atoms with van der Waals surface area (Å²) in [5.41, 5.74) is 5.67. The average Bonchev–Trinajstić information content (AvgIpc) is 2.21. The fraction of sp³-hybridized carbons (Fsp3) is 0.455. The lowest BCUT2D eigenvalue weighted by Gasteiger charge is -2.26. The third kappa shape index (κ3) is 3.25. The van der Waals surface area contributed by atoms with Crippen LogP contribution < -0.4 is 10.5 Å². The van der Waals surface area contributed by atoms with Gasteiger partial charge in [0.1, 0.15) is 5.75 Å². The Hall–Kier alpha value is -1.46. The number of hydrogen-bond acceptors (Lipinski definition) is 2. The van der Waals surface area contributed by atoms with E-state index in [0.29, 0.717) is 5.69 Å². The first kappa shape index (κ1) is 13.6. The van der Waals surface area contributed by atoms with E-state index in [2.05, 4.69) is 4.74 Å². The van der Waals surface area contributed by atoms with Crippen LogP contribution in [-0.4, -0.2) is 12.0 Å². The van der Waals surface area contributed by atoms with E-state index in [1.54, 1.807) is 0 Å². The molecule has 0 radical (unpaired) electrons. The van der Waals surface area contributed by atoms with Gasteiger partial charge in [0.15, 0.2) is 0 Å². The van der Waals surface area contributed by atoms with Crippen molar-refractivity contribution in [2.75, 3.05) is 5.73 Å². The van der Waals surface area contributed by atoms with Crippen molar-refractivity contribution in [3.8, 4) is 5.75 Å². The maximum Gasteiger partial charge on any atom is 0.464 e. The molecule has 0 saturated heterocycles. The fourth-order valence-corrected chi connectivity index (χ4v) is 1.22. The van der Waals surface area contributed by atoms with Gasteiger partial charge in [-0.05, 0) is 24.3 Å². The molecule has 1 aromatic carbocycles. The van der Waals surface area contributed by atoms with E-state index < -0.39 is 18.5 Å². The third-order valence-corrected chi connectivity index (χ3v) is 2.12. The smallest absolute Gasteiger partial charge is 0.428 e. The van der Waals surface area contributed by atoms with Gasteiger partial charge in [0.2, 0.25) is 0 Å². The number of benzene rings is 1. The van der Waals surface area contributed by atoms with Crippen molar-refractivity contribution in [2.24, 2.45) is 0 Å². The minimum absolute atomic E-state index is 0.0618. The molecule has 0 aliphatic heterocycles. The Morgan fingerprint density at radius 3 is 2.12 bits per heavy atom. The molecule has 0 bridgehead atoms. The van der Waals surface area contributed by atoms with E-state index in [1.165, 1.54) is 19.1 Å². The highest BCUT2D eigenvalue weighted by Crippen LogP contribution is 2.39. The summed E-state index contributed by atoms with van der Waals surface area (Å²) in [5, 5.41) is 0. The van der Waals surface area contributed by atoms with Gasteiger partial charge in [-0.2, -0.15) is 17.6 Å². The van der Waals surface area contributed by atoms with Gasteiger partial charge in [-0.15, -0.1) is 0 Å². The predicted octanol–water partition coefficient (Wildman–Crippen LogP) is 3.68. The van der Waals surface area contributed by atoms with Crippen molar-refractivity contribution in [3.63, 3.8) is 0 Å². The highest BCUT2D eigenvalue weighted by atomic mass is 19.3. The number of ether oxygens (including phenoxy) is 1. The molecule has 0 amide bonds. The van der Waals surface area contributed by atoms with E-state index >= 15 is 0 Å². The number of nitrogens with two attached hydrogens (primary N) is 1. The lowest BCUT2D eigenvalue weighted by Crippen LogP contribution is -2.45. The van der Waals surface area contributed by atoms with Gasteiger partial charge in [0, 0.05) is 12.1 Å². The molecule has 1 rings (SSSR count). The van der Waals surface area contributed by atoms with Crippen molar-refractivity contribution < 1.29 is 22.3 Å².